The fourth-order valence-corrected chi connectivity index (χ4v) is 3.52. The summed E-state index contributed by atoms with van der Waals surface area (Å²) < 4.78 is 0. The Morgan fingerprint density at radius 1 is 0.957 bits per heavy atom. The van der Waals surface area contributed by atoms with E-state index in [1.54, 1.807) is 30.0 Å². The number of amides is 1. The zero-order chi connectivity index (χ0) is 16.1. The van der Waals surface area contributed by atoms with Crippen LogP contribution in [0.25, 0.3) is 0 Å². The Balaban J connectivity index is 1.78. The highest BCUT2D eigenvalue weighted by molar-refractivity contribution is 8.03. The lowest BCUT2D eigenvalue weighted by molar-refractivity contribution is -0.115. The lowest BCUT2D eigenvalue weighted by Gasteiger charge is -2.14. The van der Waals surface area contributed by atoms with E-state index >= 15 is 0 Å². The lowest BCUT2D eigenvalue weighted by atomic mass is 10.1. The van der Waals surface area contributed by atoms with E-state index in [0.717, 1.165) is 28.3 Å². The van der Waals surface area contributed by atoms with Crippen LogP contribution in [0.2, 0.25) is 0 Å². The molecule has 1 aliphatic rings. The van der Waals surface area contributed by atoms with Gasteiger partial charge in [0.15, 0.2) is 5.78 Å². The summed E-state index contributed by atoms with van der Waals surface area (Å²) in [6.45, 7) is 0. The van der Waals surface area contributed by atoms with E-state index in [9.17, 15) is 9.59 Å². The molecular formula is C19H17NO2S. The third kappa shape index (κ3) is 4.11. The van der Waals surface area contributed by atoms with Crippen LogP contribution >= 0.6 is 11.8 Å². The lowest BCUT2D eigenvalue weighted by Crippen LogP contribution is -2.12. The second kappa shape index (κ2) is 7.29. The van der Waals surface area contributed by atoms with Gasteiger partial charge in [-0.05, 0) is 48.1 Å². The van der Waals surface area contributed by atoms with Crippen LogP contribution in [0.4, 0.5) is 5.69 Å². The minimum atomic E-state index is -0.132. The van der Waals surface area contributed by atoms with E-state index in [4.69, 9.17) is 0 Å². The number of carbonyl (C=O) groups excluding carboxylic acids is 2. The summed E-state index contributed by atoms with van der Waals surface area (Å²) >= 11 is 1.56. The molecule has 0 unspecified atom stereocenters. The Morgan fingerprint density at radius 3 is 2.48 bits per heavy atom. The number of hydrogen-bond donors (Lipinski definition) is 1. The molecule has 2 aromatic rings. The van der Waals surface area contributed by atoms with E-state index in [-0.39, 0.29) is 11.7 Å². The molecule has 1 aliphatic carbocycles. The van der Waals surface area contributed by atoms with Crippen molar-refractivity contribution in [2.45, 2.75) is 24.2 Å². The van der Waals surface area contributed by atoms with Crippen molar-refractivity contribution in [3.8, 4) is 0 Å². The summed E-state index contributed by atoms with van der Waals surface area (Å²) in [5.74, 6) is 0.0527. The first-order valence-corrected chi connectivity index (χ1v) is 8.41. The van der Waals surface area contributed by atoms with Crippen LogP contribution in [0.15, 0.2) is 70.5 Å². The predicted octanol–water partition coefficient (Wildman–Crippen LogP) is 4.67. The molecule has 116 valence electrons. The second-order valence-corrected chi connectivity index (χ2v) is 6.52. The number of hydrogen-bond acceptors (Lipinski definition) is 3. The summed E-state index contributed by atoms with van der Waals surface area (Å²) in [5, 5.41) is 2.96. The van der Waals surface area contributed by atoms with Gasteiger partial charge in [0.1, 0.15) is 0 Å². The number of anilines is 1. The summed E-state index contributed by atoms with van der Waals surface area (Å²) in [6.07, 6.45) is 4.17. The number of ketones is 1. The van der Waals surface area contributed by atoms with Gasteiger partial charge in [0.2, 0.25) is 0 Å². The van der Waals surface area contributed by atoms with Gasteiger partial charge in [-0.2, -0.15) is 0 Å². The summed E-state index contributed by atoms with van der Waals surface area (Å²) in [5.41, 5.74) is 1.39. The largest absolute Gasteiger partial charge is 0.321 e. The molecule has 1 N–H and O–H groups in total. The van der Waals surface area contributed by atoms with Crippen molar-refractivity contribution in [2.24, 2.45) is 0 Å². The maximum absolute atomic E-state index is 12.3. The molecule has 4 heteroatoms. The third-order valence-electron chi connectivity index (χ3n) is 3.58. The molecule has 23 heavy (non-hydrogen) atoms. The van der Waals surface area contributed by atoms with Gasteiger partial charge in [0, 0.05) is 16.9 Å². The Kier molecular flexibility index (Phi) is 4.93. The average molecular weight is 323 g/mol. The molecule has 0 heterocycles. The summed E-state index contributed by atoms with van der Waals surface area (Å²) in [4.78, 5) is 25.9. The SMILES string of the molecule is O=C1C=C(Sc2ccccc2NC(=O)c2ccccc2)CCC1. The van der Waals surface area contributed by atoms with Crippen LogP contribution in [-0.2, 0) is 4.79 Å². The van der Waals surface area contributed by atoms with E-state index in [1.165, 1.54) is 0 Å². The van der Waals surface area contributed by atoms with Gasteiger partial charge >= 0.3 is 0 Å². The Labute approximate surface area is 139 Å². The number of benzene rings is 2. The molecule has 0 saturated heterocycles. The van der Waals surface area contributed by atoms with Crippen LogP contribution in [0, 0.1) is 0 Å². The summed E-state index contributed by atoms with van der Waals surface area (Å²) in [6, 6.07) is 16.8. The average Bonchev–Trinajstić information content (AvgIpc) is 2.57. The second-order valence-electron chi connectivity index (χ2n) is 5.35. The molecule has 0 fully saturated rings. The third-order valence-corrected chi connectivity index (χ3v) is 4.74. The Bertz CT molecular complexity index is 753. The van der Waals surface area contributed by atoms with Crippen molar-refractivity contribution in [1.82, 2.24) is 0 Å². The fourth-order valence-electron chi connectivity index (χ4n) is 2.43. The molecule has 0 atom stereocenters. The van der Waals surface area contributed by atoms with Crippen molar-refractivity contribution in [3.05, 3.63) is 71.1 Å². The highest BCUT2D eigenvalue weighted by Crippen LogP contribution is 2.36. The van der Waals surface area contributed by atoms with Crippen molar-refractivity contribution in [3.63, 3.8) is 0 Å². The van der Waals surface area contributed by atoms with Gasteiger partial charge in [-0.1, -0.05) is 42.1 Å². The molecule has 3 nitrogen and oxygen atoms in total. The van der Waals surface area contributed by atoms with Crippen molar-refractivity contribution >= 4 is 29.1 Å². The van der Waals surface area contributed by atoms with Crippen LogP contribution in [-0.4, -0.2) is 11.7 Å². The monoisotopic (exact) mass is 323 g/mol. The number of para-hydroxylation sites is 1. The molecular weight excluding hydrogens is 306 g/mol. The van der Waals surface area contributed by atoms with Crippen LogP contribution < -0.4 is 5.32 Å². The topological polar surface area (TPSA) is 46.2 Å². The molecule has 3 rings (SSSR count). The number of allylic oxidation sites excluding steroid dienone is 2. The van der Waals surface area contributed by atoms with Gasteiger partial charge < -0.3 is 5.32 Å². The van der Waals surface area contributed by atoms with E-state index in [2.05, 4.69) is 5.32 Å². The molecule has 1 amide bonds. The molecule has 0 bridgehead atoms. The highest BCUT2D eigenvalue weighted by atomic mass is 32.2. The maximum Gasteiger partial charge on any atom is 0.255 e. The number of thioether (sulfide) groups is 1. The van der Waals surface area contributed by atoms with Crippen LogP contribution in [0.5, 0.6) is 0 Å². The molecule has 0 spiro atoms. The zero-order valence-electron chi connectivity index (χ0n) is 12.6. The fraction of sp³-hybridized carbons (Fsp3) is 0.158. The highest BCUT2D eigenvalue weighted by Gasteiger charge is 2.14. The van der Waals surface area contributed by atoms with Crippen LogP contribution in [0.3, 0.4) is 0 Å². The Morgan fingerprint density at radius 2 is 1.70 bits per heavy atom. The van der Waals surface area contributed by atoms with Crippen LogP contribution in [0.1, 0.15) is 29.6 Å². The summed E-state index contributed by atoms with van der Waals surface area (Å²) in [7, 11) is 0. The predicted molar refractivity (Wildman–Crippen MR) is 93.6 cm³/mol. The number of rotatable bonds is 4. The standard InChI is InChI=1S/C19H17NO2S/c21-15-9-6-10-16(13-15)23-18-12-5-4-11-17(18)20-19(22)14-7-2-1-3-8-14/h1-5,7-8,11-13H,6,9-10H2,(H,20,22). The quantitative estimate of drug-likeness (QED) is 0.889. The van der Waals surface area contributed by atoms with Gasteiger partial charge in [0.25, 0.3) is 5.91 Å². The van der Waals surface area contributed by atoms with Crippen molar-refractivity contribution in [2.75, 3.05) is 5.32 Å². The molecule has 0 aliphatic heterocycles. The molecule has 0 saturated carbocycles. The van der Waals surface area contributed by atoms with Gasteiger partial charge in [0.05, 0.1) is 5.69 Å². The number of carbonyl (C=O) groups is 2. The first-order chi connectivity index (χ1) is 11.2. The smallest absolute Gasteiger partial charge is 0.255 e. The Hall–Kier alpha value is -2.33. The molecule has 2 aromatic carbocycles. The van der Waals surface area contributed by atoms with Crippen molar-refractivity contribution in [1.29, 1.82) is 0 Å². The number of nitrogens with one attached hydrogen (secondary N) is 1. The minimum absolute atomic E-state index is 0.132. The zero-order valence-corrected chi connectivity index (χ0v) is 13.4. The maximum atomic E-state index is 12.3. The first kappa shape index (κ1) is 15.6. The van der Waals surface area contributed by atoms with E-state index in [1.807, 2.05) is 42.5 Å². The van der Waals surface area contributed by atoms with E-state index < -0.39 is 0 Å². The van der Waals surface area contributed by atoms with Gasteiger partial charge in [-0.3, -0.25) is 9.59 Å². The van der Waals surface area contributed by atoms with Crippen molar-refractivity contribution < 1.29 is 9.59 Å². The van der Waals surface area contributed by atoms with E-state index in [0.29, 0.717) is 12.0 Å². The first-order valence-electron chi connectivity index (χ1n) is 7.59. The molecule has 0 aromatic heterocycles. The molecule has 0 radical (unpaired) electrons. The van der Waals surface area contributed by atoms with Gasteiger partial charge in [-0.15, -0.1) is 0 Å². The van der Waals surface area contributed by atoms with Gasteiger partial charge in [-0.25, -0.2) is 0 Å². The minimum Gasteiger partial charge on any atom is -0.321 e. The normalized spacial score (nSPS) is 14.3.